The first-order valence-corrected chi connectivity index (χ1v) is 9.85. The summed E-state index contributed by atoms with van der Waals surface area (Å²) in [6, 6.07) is 19.0. The molecule has 0 amide bonds. The molecule has 4 rings (SSSR count). The molecule has 0 saturated carbocycles. The molecule has 0 bridgehead atoms. The van der Waals surface area contributed by atoms with Crippen molar-refractivity contribution in [3.8, 4) is 5.69 Å². The molecule has 1 N–H and O–H groups in total. The van der Waals surface area contributed by atoms with Crippen molar-refractivity contribution in [1.29, 1.82) is 0 Å². The second-order valence-electron chi connectivity index (χ2n) is 7.16. The van der Waals surface area contributed by atoms with Gasteiger partial charge < -0.3 is 4.90 Å². The van der Waals surface area contributed by atoms with Crippen molar-refractivity contribution >= 4 is 17.8 Å². The van der Waals surface area contributed by atoms with E-state index < -0.39 is 0 Å². The average Bonchev–Trinajstić information content (AvgIpc) is 2.97. The van der Waals surface area contributed by atoms with E-state index in [4.69, 9.17) is 17.3 Å². The van der Waals surface area contributed by atoms with E-state index in [1.54, 1.807) is 0 Å². The van der Waals surface area contributed by atoms with Crippen LogP contribution in [0.4, 0.5) is 0 Å². The van der Waals surface area contributed by atoms with E-state index in [2.05, 4.69) is 66.1 Å². The zero-order valence-corrected chi connectivity index (χ0v) is 16.7. The molecule has 0 spiro atoms. The quantitative estimate of drug-likeness (QED) is 0.706. The van der Waals surface area contributed by atoms with Crippen molar-refractivity contribution in [2.75, 3.05) is 13.1 Å². The third-order valence-corrected chi connectivity index (χ3v) is 5.65. The highest BCUT2D eigenvalue weighted by molar-refractivity contribution is 7.71. The van der Waals surface area contributed by atoms with Crippen molar-refractivity contribution in [2.24, 2.45) is 0 Å². The minimum absolute atomic E-state index is 0.770. The van der Waals surface area contributed by atoms with Crippen LogP contribution in [0.3, 0.4) is 0 Å². The van der Waals surface area contributed by atoms with E-state index >= 15 is 0 Å². The molecule has 0 aliphatic carbocycles. The Kier molecular flexibility index (Phi) is 5.05. The minimum Gasteiger partial charge on any atom is -0.313 e. The fraction of sp³-hybridized carbons (Fsp3) is 0.273. The van der Waals surface area contributed by atoms with Crippen LogP contribution in [-0.4, -0.2) is 27.4 Å². The average molecular weight is 378 g/mol. The lowest BCUT2D eigenvalue weighted by atomic mass is 10.00. The molecule has 5 heteroatoms. The number of nitrogens with one attached hydrogen (secondary N) is 1. The second kappa shape index (κ2) is 7.62. The Hall–Kier alpha value is -2.50. The Morgan fingerprint density at radius 1 is 1.04 bits per heavy atom. The first kappa shape index (κ1) is 17.9. The van der Waals surface area contributed by atoms with Crippen LogP contribution in [0.25, 0.3) is 11.3 Å². The van der Waals surface area contributed by atoms with Crippen molar-refractivity contribution in [1.82, 2.24) is 14.3 Å². The highest BCUT2D eigenvalue weighted by Gasteiger charge is 2.19. The number of rotatable bonds is 4. The summed E-state index contributed by atoms with van der Waals surface area (Å²) in [6.07, 6.45) is 3.45. The van der Waals surface area contributed by atoms with E-state index in [0.29, 0.717) is 0 Å². The Morgan fingerprint density at radius 3 is 2.48 bits per heavy atom. The fourth-order valence-corrected chi connectivity index (χ4v) is 4.10. The van der Waals surface area contributed by atoms with E-state index in [1.165, 1.54) is 21.6 Å². The Labute approximate surface area is 165 Å². The van der Waals surface area contributed by atoms with Gasteiger partial charge in [0.1, 0.15) is 5.82 Å². The summed E-state index contributed by atoms with van der Waals surface area (Å²) in [6.45, 7) is 7.04. The van der Waals surface area contributed by atoms with E-state index in [-0.39, 0.29) is 0 Å². The van der Waals surface area contributed by atoms with Gasteiger partial charge in [-0.2, -0.15) is 9.78 Å². The summed E-state index contributed by atoms with van der Waals surface area (Å²) in [5, 5.41) is 4.73. The Balaban J connectivity index is 1.53. The van der Waals surface area contributed by atoms with Crippen molar-refractivity contribution in [2.45, 2.75) is 26.9 Å². The van der Waals surface area contributed by atoms with Gasteiger partial charge in [0.2, 0.25) is 4.77 Å². The monoisotopic (exact) mass is 377 g/mol. The number of hydrogen-bond donors (Lipinski definition) is 1. The maximum absolute atomic E-state index is 5.76. The van der Waals surface area contributed by atoms with Crippen LogP contribution in [0, 0.1) is 18.6 Å². The summed E-state index contributed by atoms with van der Waals surface area (Å²) < 4.78 is 4.83. The summed E-state index contributed by atoms with van der Waals surface area (Å²) in [5.41, 5.74) is 5.11. The molecule has 138 valence electrons. The van der Waals surface area contributed by atoms with Gasteiger partial charge >= 0.3 is 0 Å². The van der Waals surface area contributed by atoms with Crippen molar-refractivity contribution in [3.63, 3.8) is 0 Å². The molecule has 1 atom stereocenters. The standard InChI is InChI=1S/C22H24N4S/c1-17-8-6-7-11-21(17)26-18(2)23-25(22(26)27)16-24-14-12-20(13-15-24)19-9-4-3-5-10-19/h3-12H,13-16H2,1-2H3/p+1. The van der Waals surface area contributed by atoms with Gasteiger partial charge in [-0.25, -0.2) is 0 Å². The molecule has 1 aromatic heterocycles. The number of nitrogens with zero attached hydrogens (tertiary/aromatic N) is 3. The van der Waals surface area contributed by atoms with Crippen molar-refractivity contribution in [3.05, 3.63) is 82.4 Å². The first-order valence-electron chi connectivity index (χ1n) is 9.44. The summed E-state index contributed by atoms with van der Waals surface area (Å²) in [7, 11) is 0. The Morgan fingerprint density at radius 2 is 1.78 bits per heavy atom. The topological polar surface area (TPSA) is 27.2 Å². The lowest BCUT2D eigenvalue weighted by molar-refractivity contribution is -0.918. The molecule has 0 saturated heterocycles. The lowest BCUT2D eigenvalue weighted by Crippen LogP contribution is -3.11. The summed E-state index contributed by atoms with van der Waals surface area (Å²) in [5.74, 6) is 0.936. The minimum atomic E-state index is 0.770. The number of aromatic nitrogens is 3. The van der Waals surface area contributed by atoms with E-state index in [9.17, 15) is 0 Å². The molecule has 1 aliphatic heterocycles. The van der Waals surface area contributed by atoms with Crippen LogP contribution in [0.5, 0.6) is 0 Å². The maximum atomic E-state index is 5.76. The van der Waals surface area contributed by atoms with E-state index in [0.717, 1.165) is 42.5 Å². The molecular formula is C22H25N4S+. The number of hydrogen-bond acceptors (Lipinski definition) is 2. The van der Waals surface area contributed by atoms with Gasteiger partial charge in [-0.1, -0.05) is 48.5 Å². The molecule has 1 unspecified atom stereocenters. The third kappa shape index (κ3) is 3.66. The second-order valence-corrected chi connectivity index (χ2v) is 7.52. The van der Waals surface area contributed by atoms with Crippen LogP contribution in [0.1, 0.15) is 23.4 Å². The van der Waals surface area contributed by atoms with Gasteiger partial charge in [0.05, 0.1) is 18.8 Å². The number of para-hydroxylation sites is 1. The summed E-state index contributed by atoms with van der Waals surface area (Å²) in [4.78, 5) is 1.49. The number of aryl methyl sites for hydroxylation is 2. The van der Waals surface area contributed by atoms with Gasteiger partial charge in [-0.15, -0.1) is 0 Å². The Bertz CT molecular complexity index is 1030. The molecule has 2 heterocycles. The van der Waals surface area contributed by atoms with Crippen LogP contribution in [-0.2, 0) is 6.67 Å². The zero-order chi connectivity index (χ0) is 18.8. The predicted molar refractivity (Wildman–Crippen MR) is 112 cm³/mol. The SMILES string of the molecule is Cc1ccccc1-n1c(C)nn(C[NH+]2CC=C(c3ccccc3)CC2)c1=S. The van der Waals surface area contributed by atoms with Crippen LogP contribution >= 0.6 is 12.2 Å². The first-order chi connectivity index (χ1) is 13.1. The molecule has 0 fully saturated rings. The van der Waals surface area contributed by atoms with Gasteiger partial charge in [-0.3, -0.25) is 4.57 Å². The molecule has 1 aliphatic rings. The largest absolute Gasteiger partial charge is 0.313 e. The molecule has 0 radical (unpaired) electrons. The highest BCUT2D eigenvalue weighted by Crippen LogP contribution is 2.18. The van der Waals surface area contributed by atoms with Gasteiger partial charge in [0.25, 0.3) is 0 Å². The maximum Gasteiger partial charge on any atom is 0.207 e. The molecular weight excluding hydrogens is 352 g/mol. The smallest absolute Gasteiger partial charge is 0.207 e. The molecule has 3 aromatic rings. The molecule has 2 aromatic carbocycles. The zero-order valence-electron chi connectivity index (χ0n) is 15.9. The lowest BCUT2D eigenvalue weighted by Gasteiger charge is -2.23. The summed E-state index contributed by atoms with van der Waals surface area (Å²) >= 11 is 5.76. The van der Waals surface area contributed by atoms with E-state index in [1.807, 2.05) is 17.7 Å². The van der Waals surface area contributed by atoms with Crippen LogP contribution in [0.2, 0.25) is 0 Å². The number of benzene rings is 2. The molecule has 27 heavy (non-hydrogen) atoms. The van der Waals surface area contributed by atoms with Crippen LogP contribution < -0.4 is 4.90 Å². The third-order valence-electron chi connectivity index (χ3n) is 5.26. The number of quaternary nitrogens is 1. The van der Waals surface area contributed by atoms with Crippen LogP contribution in [0.15, 0.2) is 60.7 Å². The predicted octanol–water partition coefficient (Wildman–Crippen LogP) is 3.35. The van der Waals surface area contributed by atoms with Gasteiger partial charge in [0.15, 0.2) is 6.67 Å². The van der Waals surface area contributed by atoms with Gasteiger partial charge in [-0.05, 0) is 54.9 Å². The normalized spacial score (nSPS) is 17.0. The van der Waals surface area contributed by atoms with Crippen molar-refractivity contribution < 1.29 is 4.90 Å². The highest BCUT2D eigenvalue weighted by atomic mass is 32.1. The molecule has 4 nitrogen and oxygen atoms in total. The van der Waals surface area contributed by atoms with Gasteiger partial charge in [0, 0.05) is 6.42 Å². The fourth-order valence-electron chi connectivity index (χ4n) is 3.76.